The second kappa shape index (κ2) is 52.3. The van der Waals surface area contributed by atoms with Crippen LogP contribution in [-0.4, -0.2) is 37.2 Å². The van der Waals surface area contributed by atoms with E-state index in [-0.39, 0.29) is 31.1 Å². The molecule has 0 aromatic carbocycles. The van der Waals surface area contributed by atoms with Crippen molar-refractivity contribution in [2.45, 2.75) is 297 Å². The van der Waals surface area contributed by atoms with Gasteiger partial charge in [-0.2, -0.15) is 0 Å². The summed E-state index contributed by atoms with van der Waals surface area (Å²) >= 11 is 0. The van der Waals surface area contributed by atoms with Gasteiger partial charge in [0.15, 0.2) is 6.10 Å². The first kappa shape index (κ1) is 60.6. The highest BCUT2D eigenvalue weighted by Crippen LogP contribution is 2.17. The number of carbonyl (C=O) groups is 3. The average Bonchev–Trinajstić information content (AvgIpc) is 3.28. The maximum absolute atomic E-state index is 12.8. The molecule has 0 aromatic heterocycles. The molecule has 1 unspecified atom stereocenters. The molecule has 6 nitrogen and oxygen atoms in total. The van der Waals surface area contributed by atoms with Gasteiger partial charge in [-0.3, -0.25) is 14.4 Å². The third kappa shape index (κ3) is 50.5. The van der Waals surface area contributed by atoms with Crippen molar-refractivity contribution in [2.24, 2.45) is 0 Å². The van der Waals surface area contributed by atoms with Gasteiger partial charge in [-0.25, -0.2) is 0 Å². The van der Waals surface area contributed by atoms with E-state index in [4.69, 9.17) is 14.2 Å². The Bertz CT molecular complexity index is 1060. The minimum absolute atomic E-state index is 0.0795. The molecule has 0 aliphatic rings. The van der Waals surface area contributed by atoms with E-state index >= 15 is 0 Å². The lowest BCUT2D eigenvalue weighted by Crippen LogP contribution is -2.30. The number of esters is 3. The summed E-state index contributed by atoms with van der Waals surface area (Å²) < 4.78 is 16.8. The zero-order valence-electron chi connectivity index (χ0n) is 42.1. The number of unbranched alkanes of at least 4 members (excludes halogenated alkanes) is 33. The number of rotatable bonds is 50. The molecule has 0 aliphatic carbocycles. The molecular weight excluding hydrogens is 781 g/mol. The second-order valence-electron chi connectivity index (χ2n) is 18.5. The van der Waals surface area contributed by atoms with E-state index in [1.807, 2.05) is 0 Å². The van der Waals surface area contributed by atoms with Gasteiger partial charge in [0.1, 0.15) is 13.2 Å². The first-order valence-corrected chi connectivity index (χ1v) is 27.5. The highest BCUT2D eigenvalue weighted by molar-refractivity contribution is 5.71. The van der Waals surface area contributed by atoms with E-state index in [2.05, 4.69) is 57.2 Å². The molecule has 63 heavy (non-hydrogen) atoms. The molecule has 0 radical (unpaired) electrons. The predicted octanol–water partition coefficient (Wildman–Crippen LogP) is 18.1. The average molecular weight is 885 g/mol. The Morgan fingerprint density at radius 3 is 0.968 bits per heavy atom. The van der Waals surface area contributed by atoms with Gasteiger partial charge in [0.05, 0.1) is 0 Å². The lowest BCUT2D eigenvalue weighted by Gasteiger charge is -2.18. The molecule has 0 aliphatic heterocycles. The van der Waals surface area contributed by atoms with Gasteiger partial charge < -0.3 is 14.2 Å². The van der Waals surface area contributed by atoms with Gasteiger partial charge in [-0.05, 0) is 51.4 Å². The maximum atomic E-state index is 12.8. The molecule has 0 fully saturated rings. The summed E-state index contributed by atoms with van der Waals surface area (Å²) in [5.74, 6) is -0.894. The third-order valence-electron chi connectivity index (χ3n) is 12.2. The van der Waals surface area contributed by atoms with Crippen molar-refractivity contribution >= 4 is 17.9 Å². The molecule has 1 atom stereocenters. The highest BCUT2D eigenvalue weighted by atomic mass is 16.6. The molecule has 368 valence electrons. The topological polar surface area (TPSA) is 78.9 Å². The normalized spacial score (nSPS) is 12.2. The SMILES string of the molecule is CC/C=C\C/C=C\C/C=C\CCCCCC(=O)OC(COC(=O)CCCCCCCCCCCCCCC)COC(=O)CCCCCCCCCCCCCCCCCCCCC. The molecule has 6 heteroatoms. The molecule has 0 saturated heterocycles. The van der Waals surface area contributed by atoms with E-state index < -0.39 is 6.10 Å². The summed E-state index contributed by atoms with van der Waals surface area (Å²) in [6.45, 7) is 6.54. The van der Waals surface area contributed by atoms with Crippen molar-refractivity contribution < 1.29 is 28.6 Å². The molecule has 0 heterocycles. The van der Waals surface area contributed by atoms with Gasteiger partial charge >= 0.3 is 17.9 Å². The smallest absolute Gasteiger partial charge is 0.306 e. The van der Waals surface area contributed by atoms with Crippen LogP contribution in [0, 0.1) is 0 Å². The van der Waals surface area contributed by atoms with Crippen LogP contribution < -0.4 is 0 Å². The largest absolute Gasteiger partial charge is 0.462 e. The summed E-state index contributed by atoms with van der Waals surface area (Å²) in [5, 5.41) is 0. The van der Waals surface area contributed by atoms with Crippen LogP contribution in [0.2, 0.25) is 0 Å². The predicted molar refractivity (Wildman–Crippen MR) is 270 cm³/mol. The molecular formula is C57H104O6. The van der Waals surface area contributed by atoms with Crippen molar-refractivity contribution in [2.75, 3.05) is 13.2 Å². The minimum Gasteiger partial charge on any atom is -0.462 e. The van der Waals surface area contributed by atoms with Gasteiger partial charge in [-0.15, -0.1) is 0 Å². The molecule has 0 aromatic rings. The van der Waals surface area contributed by atoms with Crippen LogP contribution in [-0.2, 0) is 28.6 Å². The van der Waals surface area contributed by atoms with Crippen molar-refractivity contribution in [3.05, 3.63) is 36.5 Å². The van der Waals surface area contributed by atoms with Gasteiger partial charge in [0.2, 0.25) is 0 Å². The molecule has 0 rings (SSSR count). The molecule has 0 N–H and O–H groups in total. The Hall–Kier alpha value is -2.37. The maximum Gasteiger partial charge on any atom is 0.306 e. The summed E-state index contributed by atoms with van der Waals surface area (Å²) in [5.41, 5.74) is 0. The summed E-state index contributed by atoms with van der Waals surface area (Å²) in [7, 11) is 0. The van der Waals surface area contributed by atoms with E-state index in [0.717, 1.165) is 83.5 Å². The Labute approximate surface area is 391 Å². The summed E-state index contributed by atoms with van der Waals surface area (Å²) in [6, 6.07) is 0. The van der Waals surface area contributed by atoms with E-state index in [1.165, 1.54) is 167 Å². The first-order chi connectivity index (χ1) is 31.0. The van der Waals surface area contributed by atoms with Crippen LogP contribution in [0.5, 0.6) is 0 Å². The van der Waals surface area contributed by atoms with Gasteiger partial charge in [-0.1, -0.05) is 256 Å². The lowest BCUT2D eigenvalue weighted by atomic mass is 10.0. The number of hydrogen-bond donors (Lipinski definition) is 0. The second-order valence-corrected chi connectivity index (χ2v) is 18.5. The first-order valence-electron chi connectivity index (χ1n) is 27.5. The summed E-state index contributed by atoms with van der Waals surface area (Å²) in [6.07, 6.45) is 61.4. The van der Waals surface area contributed by atoms with Crippen LogP contribution in [0.1, 0.15) is 290 Å². The van der Waals surface area contributed by atoms with Crippen LogP contribution in [0.4, 0.5) is 0 Å². The number of carbonyl (C=O) groups excluding carboxylic acids is 3. The fourth-order valence-electron chi connectivity index (χ4n) is 8.05. The van der Waals surface area contributed by atoms with Crippen LogP contribution in [0.3, 0.4) is 0 Å². The Kier molecular flexibility index (Phi) is 50.3. The quantitative estimate of drug-likeness (QED) is 0.0262. The lowest BCUT2D eigenvalue weighted by molar-refractivity contribution is -0.167. The van der Waals surface area contributed by atoms with Gasteiger partial charge in [0.25, 0.3) is 0 Å². The van der Waals surface area contributed by atoms with Crippen molar-refractivity contribution in [1.29, 1.82) is 0 Å². The van der Waals surface area contributed by atoms with Gasteiger partial charge in [0, 0.05) is 19.3 Å². The molecule has 0 amide bonds. The van der Waals surface area contributed by atoms with Crippen LogP contribution >= 0.6 is 0 Å². The monoisotopic (exact) mass is 885 g/mol. The molecule has 0 spiro atoms. The van der Waals surface area contributed by atoms with Crippen LogP contribution in [0.15, 0.2) is 36.5 Å². The minimum atomic E-state index is -0.782. The van der Waals surface area contributed by atoms with E-state index in [0.29, 0.717) is 19.3 Å². The zero-order chi connectivity index (χ0) is 45.8. The fourth-order valence-corrected chi connectivity index (χ4v) is 8.05. The van der Waals surface area contributed by atoms with Crippen molar-refractivity contribution in [1.82, 2.24) is 0 Å². The number of ether oxygens (including phenoxy) is 3. The Morgan fingerprint density at radius 1 is 0.333 bits per heavy atom. The van der Waals surface area contributed by atoms with Crippen molar-refractivity contribution in [3.8, 4) is 0 Å². The standard InChI is InChI=1S/C57H104O6/c1-4-7-10-13-16-19-22-25-26-27-28-29-30-33-35-38-41-44-47-50-56(59)62-53-54(63-57(60)51-48-45-42-39-36-32-24-21-18-15-12-9-6-3)52-61-55(58)49-46-43-40-37-34-31-23-20-17-14-11-8-5-2/h9,12,18,21,32,36,54H,4-8,10-11,13-17,19-20,22-31,33-35,37-53H2,1-3H3/b12-9-,21-18-,36-32-. The fraction of sp³-hybridized carbons (Fsp3) is 0.842. The zero-order valence-corrected chi connectivity index (χ0v) is 42.1. The van der Waals surface area contributed by atoms with Crippen molar-refractivity contribution in [3.63, 3.8) is 0 Å². The van der Waals surface area contributed by atoms with Crippen LogP contribution in [0.25, 0.3) is 0 Å². The summed E-state index contributed by atoms with van der Waals surface area (Å²) in [4.78, 5) is 38.0. The Morgan fingerprint density at radius 2 is 0.619 bits per heavy atom. The third-order valence-corrected chi connectivity index (χ3v) is 12.2. The number of hydrogen-bond acceptors (Lipinski definition) is 6. The highest BCUT2D eigenvalue weighted by Gasteiger charge is 2.19. The molecule has 0 bridgehead atoms. The van der Waals surface area contributed by atoms with E-state index in [9.17, 15) is 14.4 Å². The Balaban J connectivity index is 4.31. The van der Waals surface area contributed by atoms with E-state index in [1.54, 1.807) is 0 Å². The molecule has 0 saturated carbocycles. The number of allylic oxidation sites excluding steroid dienone is 6.